The molecule has 1 atom stereocenters. The molecule has 1 aromatic rings. The molecule has 0 radical (unpaired) electrons. The smallest absolute Gasteiger partial charge is 0.314 e. The van der Waals surface area contributed by atoms with E-state index in [1.807, 2.05) is 20.8 Å². The van der Waals surface area contributed by atoms with Crippen LogP contribution < -0.4 is 0 Å². The summed E-state index contributed by atoms with van der Waals surface area (Å²) in [6.45, 7) is 7.26. The minimum atomic E-state index is -0.588. The van der Waals surface area contributed by atoms with Crippen molar-refractivity contribution in [3.63, 3.8) is 0 Å². The van der Waals surface area contributed by atoms with E-state index >= 15 is 0 Å². The highest BCUT2D eigenvalue weighted by Gasteiger charge is 2.50. The van der Waals surface area contributed by atoms with Gasteiger partial charge in [0.25, 0.3) is 5.91 Å². The number of nitrogens with one attached hydrogen (secondary N) is 1. The molecule has 0 bridgehead atoms. The molecule has 6 heteroatoms. The predicted octanol–water partition coefficient (Wildman–Crippen LogP) is 2.34. The molecule has 126 valence electrons. The summed E-state index contributed by atoms with van der Waals surface area (Å²) in [6.07, 6.45) is 4.50. The molecule has 2 heterocycles. The van der Waals surface area contributed by atoms with Gasteiger partial charge < -0.3 is 9.64 Å². The first-order chi connectivity index (χ1) is 11.0. The van der Waals surface area contributed by atoms with Crippen molar-refractivity contribution < 1.29 is 14.3 Å². The maximum Gasteiger partial charge on any atom is 0.314 e. The number of rotatable bonds is 5. The van der Waals surface area contributed by atoms with Crippen molar-refractivity contribution in [3.8, 4) is 0 Å². The van der Waals surface area contributed by atoms with E-state index in [0.717, 1.165) is 18.5 Å². The van der Waals surface area contributed by atoms with Crippen molar-refractivity contribution in [2.45, 2.75) is 46.0 Å². The molecule has 0 spiro atoms. The molecule has 1 saturated heterocycles. The van der Waals surface area contributed by atoms with Crippen LogP contribution in [0.5, 0.6) is 0 Å². The van der Waals surface area contributed by atoms with Crippen molar-refractivity contribution in [1.82, 2.24) is 15.1 Å². The van der Waals surface area contributed by atoms with E-state index in [1.165, 1.54) is 0 Å². The minimum Gasteiger partial charge on any atom is -0.466 e. The van der Waals surface area contributed by atoms with Crippen molar-refractivity contribution in [2.24, 2.45) is 11.3 Å². The number of aromatic amines is 1. The highest BCUT2D eigenvalue weighted by molar-refractivity contribution is 5.96. The summed E-state index contributed by atoms with van der Waals surface area (Å²) in [4.78, 5) is 27.1. The highest BCUT2D eigenvalue weighted by atomic mass is 16.5. The number of carbonyl (C=O) groups is 2. The molecule has 0 unspecified atom stereocenters. The Morgan fingerprint density at radius 3 is 2.83 bits per heavy atom. The third-order valence-electron chi connectivity index (χ3n) is 5.26. The van der Waals surface area contributed by atoms with Gasteiger partial charge in [-0.3, -0.25) is 14.7 Å². The Balaban J connectivity index is 1.78. The van der Waals surface area contributed by atoms with Crippen LogP contribution in [0.4, 0.5) is 0 Å². The number of esters is 1. The molecule has 6 nitrogen and oxygen atoms in total. The molecule has 1 aliphatic heterocycles. The fourth-order valence-electron chi connectivity index (χ4n) is 3.48. The summed E-state index contributed by atoms with van der Waals surface area (Å²) >= 11 is 0. The lowest BCUT2D eigenvalue weighted by Gasteiger charge is -2.30. The number of carbonyl (C=O) groups excluding carboxylic acids is 2. The van der Waals surface area contributed by atoms with Gasteiger partial charge in [0.05, 0.1) is 29.5 Å². The second-order valence-corrected chi connectivity index (χ2v) is 6.98. The molecule has 1 N–H and O–H groups in total. The average molecular weight is 319 g/mol. The van der Waals surface area contributed by atoms with Crippen LogP contribution in [-0.2, 0) is 9.53 Å². The zero-order valence-corrected chi connectivity index (χ0v) is 14.1. The van der Waals surface area contributed by atoms with Gasteiger partial charge in [0, 0.05) is 19.0 Å². The zero-order chi connectivity index (χ0) is 16.6. The van der Waals surface area contributed by atoms with Crippen LogP contribution in [0, 0.1) is 11.3 Å². The Bertz CT molecular complexity index is 606. The first kappa shape index (κ1) is 16.0. The number of amides is 1. The topological polar surface area (TPSA) is 75.3 Å². The lowest BCUT2D eigenvalue weighted by molar-refractivity contribution is -0.157. The third-order valence-corrected chi connectivity index (χ3v) is 5.26. The SMILES string of the molecule is CCOC(=O)[C@@]1(C(C)C)CCN(C(=O)c2cn[nH]c2C2CC2)C1. The van der Waals surface area contributed by atoms with Gasteiger partial charge in [-0.15, -0.1) is 0 Å². The fourth-order valence-corrected chi connectivity index (χ4v) is 3.48. The number of hydrogen-bond donors (Lipinski definition) is 1. The fraction of sp³-hybridized carbons (Fsp3) is 0.706. The van der Waals surface area contributed by atoms with Crippen LogP contribution in [0.1, 0.15) is 62.0 Å². The standard InChI is InChI=1S/C17H25N3O3/c1-4-23-16(22)17(11(2)3)7-8-20(10-17)15(21)13-9-18-19-14(13)12-5-6-12/h9,11-12H,4-8,10H2,1-3H3,(H,18,19)/t17-/m0/s1. The second kappa shape index (κ2) is 5.98. The van der Waals surface area contributed by atoms with Crippen LogP contribution in [0.2, 0.25) is 0 Å². The highest BCUT2D eigenvalue weighted by Crippen LogP contribution is 2.42. The third kappa shape index (κ3) is 2.75. The molecule has 23 heavy (non-hydrogen) atoms. The summed E-state index contributed by atoms with van der Waals surface area (Å²) in [7, 11) is 0. The first-order valence-corrected chi connectivity index (χ1v) is 8.49. The van der Waals surface area contributed by atoms with Crippen molar-refractivity contribution >= 4 is 11.9 Å². The molecule has 1 amide bonds. The number of ether oxygens (including phenoxy) is 1. The minimum absolute atomic E-state index is 0.0209. The normalized spacial score (nSPS) is 24.3. The Morgan fingerprint density at radius 1 is 1.48 bits per heavy atom. The van der Waals surface area contributed by atoms with E-state index < -0.39 is 5.41 Å². The zero-order valence-electron chi connectivity index (χ0n) is 14.1. The maximum absolute atomic E-state index is 12.9. The van der Waals surface area contributed by atoms with E-state index in [4.69, 9.17) is 4.74 Å². The van der Waals surface area contributed by atoms with Crippen LogP contribution in [0.25, 0.3) is 0 Å². The summed E-state index contributed by atoms with van der Waals surface area (Å²) < 4.78 is 5.29. The predicted molar refractivity (Wildman–Crippen MR) is 85.0 cm³/mol. The van der Waals surface area contributed by atoms with E-state index in [9.17, 15) is 9.59 Å². The van der Waals surface area contributed by atoms with Gasteiger partial charge in [-0.2, -0.15) is 5.10 Å². The Kier molecular flexibility index (Phi) is 4.17. The average Bonchev–Trinajstić information content (AvgIpc) is 3.08. The van der Waals surface area contributed by atoms with Crippen LogP contribution in [-0.4, -0.2) is 46.7 Å². The van der Waals surface area contributed by atoms with E-state index in [0.29, 0.717) is 37.6 Å². The Hall–Kier alpha value is -1.85. The molecule has 0 aromatic carbocycles. The number of nitrogens with zero attached hydrogens (tertiary/aromatic N) is 2. The van der Waals surface area contributed by atoms with Crippen molar-refractivity contribution in [2.75, 3.05) is 19.7 Å². The molecule has 1 aromatic heterocycles. The molecular weight excluding hydrogens is 294 g/mol. The number of likely N-dealkylation sites (tertiary alicyclic amines) is 1. The molecule has 1 aliphatic carbocycles. The van der Waals surface area contributed by atoms with E-state index in [-0.39, 0.29) is 17.8 Å². The van der Waals surface area contributed by atoms with Gasteiger partial charge in [0.2, 0.25) is 0 Å². The lowest BCUT2D eigenvalue weighted by Crippen LogP contribution is -2.42. The van der Waals surface area contributed by atoms with E-state index in [2.05, 4.69) is 10.2 Å². The molecular formula is C17H25N3O3. The largest absolute Gasteiger partial charge is 0.466 e. The van der Waals surface area contributed by atoms with E-state index in [1.54, 1.807) is 11.1 Å². The summed E-state index contributed by atoms with van der Waals surface area (Å²) in [5.41, 5.74) is 1.03. The lowest BCUT2D eigenvalue weighted by atomic mass is 9.76. The van der Waals surface area contributed by atoms with Gasteiger partial charge in [-0.05, 0) is 32.1 Å². The van der Waals surface area contributed by atoms with Crippen LogP contribution >= 0.6 is 0 Å². The number of aromatic nitrogens is 2. The van der Waals surface area contributed by atoms with Crippen LogP contribution in [0.3, 0.4) is 0 Å². The number of hydrogen-bond acceptors (Lipinski definition) is 4. The summed E-state index contributed by atoms with van der Waals surface area (Å²) in [5, 5.41) is 7.02. The number of H-pyrrole nitrogens is 1. The van der Waals surface area contributed by atoms with Gasteiger partial charge in [-0.1, -0.05) is 13.8 Å². The Labute approximate surface area is 136 Å². The second-order valence-electron chi connectivity index (χ2n) is 6.98. The summed E-state index contributed by atoms with van der Waals surface area (Å²) in [6, 6.07) is 0. The maximum atomic E-state index is 12.9. The van der Waals surface area contributed by atoms with Crippen LogP contribution in [0.15, 0.2) is 6.20 Å². The van der Waals surface area contributed by atoms with Crippen molar-refractivity contribution in [3.05, 3.63) is 17.5 Å². The Morgan fingerprint density at radius 2 is 2.22 bits per heavy atom. The molecule has 2 aliphatic rings. The van der Waals surface area contributed by atoms with Gasteiger partial charge in [0.15, 0.2) is 0 Å². The monoisotopic (exact) mass is 319 g/mol. The quantitative estimate of drug-likeness (QED) is 0.845. The molecule has 3 rings (SSSR count). The molecule has 2 fully saturated rings. The molecule has 1 saturated carbocycles. The summed E-state index contributed by atoms with van der Waals surface area (Å²) in [5.74, 6) is 0.373. The van der Waals surface area contributed by atoms with Gasteiger partial charge in [0.1, 0.15) is 0 Å². The van der Waals surface area contributed by atoms with Gasteiger partial charge >= 0.3 is 5.97 Å². The van der Waals surface area contributed by atoms with Crippen molar-refractivity contribution in [1.29, 1.82) is 0 Å². The van der Waals surface area contributed by atoms with Gasteiger partial charge in [-0.25, -0.2) is 0 Å². The first-order valence-electron chi connectivity index (χ1n) is 8.49.